The minimum absolute atomic E-state index is 0.000733. The zero-order valence-corrected chi connectivity index (χ0v) is 18.7. The highest BCUT2D eigenvalue weighted by Gasteiger charge is 2.34. The molecule has 1 N–H and O–H groups in total. The molecule has 6 heteroatoms. The number of thiophene rings is 1. The van der Waals surface area contributed by atoms with Gasteiger partial charge in [-0.25, -0.2) is 0 Å². The van der Waals surface area contributed by atoms with Crippen molar-refractivity contribution in [2.24, 2.45) is 0 Å². The van der Waals surface area contributed by atoms with E-state index in [4.69, 9.17) is 11.6 Å². The van der Waals surface area contributed by atoms with Crippen LogP contribution in [0, 0.1) is 0 Å². The second-order valence-corrected chi connectivity index (χ2v) is 9.87. The maximum absolute atomic E-state index is 13.6. The first-order chi connectivity index (χ1) is 14.2. The lowest BCUT2D eigenvalue weighted by atomic mass is 9.86. The van der Waals surface area contributed by atoms with E-state index in [9.17, 15) is 9.59 Å². The van der Waals surface area contributed by atoms with Crippen molar-refractivity contribution in [1.29, 1.82) is 0 Å². The highest BCUT2D eigenvalue weighted by atomic mass is 35.5. The summed E-state index contributed by atoms with van der Waals surface area (Å²) < 4.78 is 0. The zero-order chi connectivity index (χ0) is 21.5. The molecule has 0 bridgehead atoms. The van der Waals surface area contributed by atoms with E-state index in [1.165, 1.54) is 0 Å². The molecule has 3 aromatic rings. The number of amides is 2. The van der Waals surface area contributed by atoms with Crippen LogP contribution >= 0.6 is 22.9 Å². The number of halogens is 1. The van der Waals surface area contributed by atoms with Gasteiger partial charge in [0.2, 0.25) is 5.91 Å². The van der Waals surface area contributed by atoms with Crippen LogP contribution < -0.4 is 5.32 Å². The SMILES string of the molecule is CC(C)(C)c1ccc(C(=O)N2CC(=O)Nc3ccc(Cl)cc3C2c2cccs2)cc1. The molecule has 1 aromatic heterocycles. The van der Waals surface area contributed by atoms with Crippen LogP contribution in [0.2, 0.25) is 5.02 Å². The predicted molar refractivity (Wildman–Crippen MR) is 122 cm³/mol. The van der Waals surface area contributed by atoms with Gasteiger partial charge >= 0.3 is 0 Å². The molecule has 0 fully saturated rings. The number of nitrogens with one attached hydrogen (secondary N) is 1. The maximum Gasteiger partial charge on any atom is 0.255 e. The molecule has 4 nitrogen and oxygen atoms in total. The Morgan fingerprint density at radius 3 is 2.50 bits per heavy atom. The molecule has 1 aliphatic heterocycles. The zero-order valence-electron chi connectivity index (χ0n) is 17.1. The van der Waals surface area contributed by atoms with Crippen LogP contribution in [-0.2, 0) is 10.2 Å². The summed E-state index contributed by atoms with van der Waals surface area (Å²) >= 11 is 7.84. The molecular weight excluding hydrogens is 416 g/mol. The fourth-order valence-electron chi connectivity index (χ4n) is 3.70. The van der Waals surface area contributed by atoms with E-state index >= 15 is 0 Å². The number of anilines is 1. The quantitative estimate of drug-likeness (QED) is 0.542. The van der Waals surface area contributed by atoms with E-state index in [1.54, 1.807) is 28.4 Å². The summed E-state index contributed by atoms with van der Waals surface area (Å²) in [5.41, 5.74) is 3.21. The second-order valence-electron chi connectivity index (χ2n) is 8.46. The van der Waals surface area contributed by atoms with Crippen molar-refractivity contribution >= 4 is 40.4 Å². The number of fused-ring (bicyclic) bond motifs is 1. The van der Waals surface area contributed by atoms with Gasteiger partial charge in [-0.3, -0.25) is 9.59 Å². The Labute approximate surface area is 185 Å². The third-order valence-corrected chi connectivity index (χ3v) is 6.44. The molecular formula is C24H23ClN2O2S. The summed E-state index contributed by atoms with van der Waals surface area (Å²) in [4.78, 5) is 28.8. The molecule has 2 aromatic carbocycles. The van der Waals surface area contributed by atoms with E-state index in [2.05, 4.69) is 26.1 Å². The van der Waals surface area contributed by atoms with Crippen LogP contribution in [0.5, 0.6) is 0 Å². The van der Waals surface area contributed by atoms with E-state index in [0.29, 0.717) is 16.3 Å². The predicted octanol–water partition coefficient (Wildman–Crippen LogP) is 5.88. The van der Waals surface area contributed by atoms with Crippen molar-refractivity contribution in [2.45, 2.75) is 32.2 Å². The Balaban J connectivity index is 1.80. The van der Waals surface area contributed by atoms with Crippen LogP contribution in [0.15, 0.2) is 60.0 Å². The maximum atomic E-state index is 13.6. The molecule has 0 saturated heterocycles. The van der Waals surface area contributed by atoms with Gasteiger partial charge in [-0.2, -0.15) is 0 Å². The van der Waals surface area contributed by atoms with Crippen LogP contribution in [0.25, 0.3) is 0 Å². The fourth-order valence-corrected chi connectivity index (χ4v) is 4.73. The number of carbonyl (C=O) groups is 2. The Morgan fingerprint density at radius 2 is 1.87 bits per heavy atom. The average molecular weight is 439 g/mol. The van der Waals surface area contributed by atoms with Crippen LogP contribution in [0.3, 0.4) is 0 Å². The number of rotatable bonds is 2. The first-order valence-corrected chi connectivity index (χ1v) is 11.0. The Morgan fingerprint density at radius 1 is 1.13 bits per heavy atom. The minimum Gasteiger partial charge on any atom is -0.324 e. The Bertz CT molecular complexity index is 1090. The van der Waals surface area contributed by atoms with Crippen LogP contribution in [0.4, 0.5) is 5.69 Å². The number of hydrogen-bond donors (Lipinski definition) is 1. The Kier molecular flexibility index (Phi) is 5.43. The third-order valence-electron chi connectivity index (χ3n) is 5.28. The van der Waals surface area contributed by atoms with Crippen molar-refractivity contribution in [2.75, 3.05) is 11.9 Å². The average Bonchev–Trinajstić information content (AvgIpc) is 3.18. The van der Waals surface area contributed by atoms with Crippen molar-refractivity contribution in [3.05, 3.63) is 86.6 Å². The standard InChI is InChI=1S/C24H23ClN2O2S/c1-24(2,3)16-8-6-15(7-9-16)23(29)27-14-21(28)26-19-11-10-17(25)13-18(19)22(27)20-5-4-12-30-20/h4-13,22H,14H2,1-3H3,(H,26,28). The van der Waals surface area contributed by atoms with Crippen LogP contribution in [0.1, 0.15) is 53.2 Å². The monoisotopic (exact) mass is 438 g/mol. The summed E-state index contributed by atoms with van der Waals surface area (Å²) in [6.45, 7) is 6.37. The van der Waals surface area contributed by atoms with Crippen molar-refractivity contribution in [3.63, 3.8) is 0 Å². The molecule has 4 rings (SSSR count). The largest absolute Gasteiger partial charge is 0.324 e. The van der Waals surface area contributed by atoms with Gasteiger partial charge in [0, 0.05) is 26.7 Å². The highest BCUT2D eigenvalue weighted by Crippen LogP contribution is 2.39. The molecule has 30 heavy (non-hydrogen) atoms. The van der Waals surface area contributed by atoms with Gasteiger partial charge in [0.05, 0.1) is 6.04 Å². The van der Waals surface area contributed by atoms with Crippen LogP contribution in [-0.4, -0.2) is 23.3 Å². The van der Waals surface area contributed by atoms with E-state index < -0.39 is 6.04 Å². The number of benzene rings is 2. The second kappa shape index (κ2) is 7.89. The molecule has 1 aliphatic rings. The lowest BCUT2D eigenvalue weighted by Gasteiger charge is -2.30. The van der Waals surface area contributed by atoms with E-state index in [0.717, 1.165) is 16.0 Å². The van der Waals surface area contributed by atoms with Gasteiger partial charge in [-0.05, 0) is 52.8 Å². The van der Waals surface area contributed by atoms with Gasteiger partial charge in [0.1, 0.15) is 6.54 Å². The van der Waals surface area contributed by atoms with Gasteiger partial charge in [0.15, 0.2) is 0 Å². The van der Waals surface area contributed by atoms with Gasteiger partial charge in [-0.15, -0.1) is 11.3 Å². The summed E-state index contributed by atoms with van der Waals surface area (Å²) in [5.74, 6) is -0.408. The van der Waals surface area contributed by atoms with E-state index in [-0.39, 0.29) is 23.8 Å². The lowest BCUT2D eigenvalue weighted by Crippen LogP contribution is -2.38. The van der Waals surface area contributed by atoms with Gasteiger partial charge < -0.3 is 10.2 Å². The summed E-state index contributed by atoms with van der Waals surface area (Å²) in [6, 6.07) is 16.6. The lowest BCUT2D eigenvalue weighted by molar-refractivity contribution is -0.117. The third kappa shape index (κ3) is 4.00. The fraction of sp³-hybridized carbons (Fsp3) is 0.250. The smallest absolute Gasteiger partial charge is 0.255 e. The first-order valence-electron chi connectivity index (χ1n) is 9.78. The summed E-state index contributed by atoms with van der Waals surface area (Å²) in [5, 5.41) is 5.46. The minimum atomic E-state index is -0.396. The van der Waals surface area contributed by atoms with Gasteiger partial charge in [-0.1, -0.05) is 50.6 Å². The molecule has 0 spiro atoms. The van der Waals surface area contributed by atoms with Crippen molar-refractivity contribution in [1.82, 2.24) is 4.90 Å². The molecule has 0 saturated carbocycles. The van der Waals surface area contributed by atoms with E-state index in [1.807, 2.05) is 47.8 Å². The highest BCUT2D eigenvalue weighted by molar-refractivity contribution is 7.10. The molecule has 2 amide bonds. The summed E-state index contributed by atoms with van der Waals surface area (Å²) in [6.07, 6.45) is 0. The summed E-state index contributed by atoms with van der Waals surface area (Å²) in [7, 11) is 0. The van der Waals surface area contributed by atoms with Crippen molar-refractivity contribution < 1.29 is 9.59 Å². The Hall–Kier alpha value is -2.63. The number of hydrogen-bond acceptors (Lipinski definition) is 3. The number of carbonyl (C=O) groups excluding carboxylic acids is 2. The number of nitrogens with zero attached hydrogens (tertiary/aromatic N) is 1. The molecule has 2 heterocycles. The molecule has 0 aliphatic carbocycles. The molecule has 0 radical (unpaired) electrons. The topological polar surface area (TPSA) is 49.4 Å². The first kappa shape index (κ1) is 20.6. The molecule has 1 atom stereocenters. The van der Waals surface area contributed by atoms with Gasteiger partial charge in [0.25, 0.3) is 5.91 Å². The molecule has 1 unspecified atom stereocenters. The normalized spacial score (nSPS) is 16.6. The van der Waals surface area contributed by atoms with Crippen molar-refractivity contribution in [3.8, 4) is 0 Å². The molecule has 154 valence electrons.